The maximum absolute atomic E-state index is 13.3. The predicted molar refractivity (Wildman–Crippen MR) is 159 cm³/mol. The van der Waals surface area contributed by atoms with E-state index in [1.165, 1.54) is 6.20 Å². The van der Waals surface area contributed by atoms with Crippen LogP contribution in [0, 0.1) is 6.92 Å². The van der Waals surface area contributed by atoms with Crippen molar-refractivity contribution in [2.24, 2.45) is 5.73 Å². The zero-order valence-electron chi connectivity index (χ0n) is 23.3. The lowest BCUT2D eigenvalue weighted by atomic mass is 9.92. The zero-order valence-corrected chi connectivity index (χ0v) is 23.3. The van der Waals surface area contributed by atoms with E-state index in [4.69, 9.17) is 15.6 Å². The average Bonchev–Trinajstić information content (AvgIpc) is 3.34. The van der Waals surface area contributed by atoms with Gasteiger partial charge in [-0.3, -0.25) is 10.1 Å². The number of aryl methyl sites for hydroxylation is 1. The number of primary amides is 1. The topological polar surface area (TPSA) is 137 Å². The fourth-order valence-corrected chi connectivity index (χ4v) is 4.25. The maximum atomic E-state index is 13.3. The third-order valence-electron chi connectivity index (χ3n) is 6.36. The van der Waals surface area contributed by atoms with Gasteiger partial charge in [-0.1, -0.05) is 62.7 Å². The molecule has 5 aromatic rings. The highest BCUT2D eigenvalue weighted by Crippen LogP contribution is 2.34. The van der Waals surface area contributed by atoms with Crippen LogP contribution in [0.5, 0.6) is 11.6 Å². The van der Waals surface area contributed by atoms with Crippen LogP contribution in [0.2, 0.25) is 0 Å². The van der Waals surface area contributed by atoms with Gasteiger partial charge in [0, 0.05) is 34.5 Å². The molecule has 0 saturated heterocycles. The van der Waals surface area contributed by atoms with Crippen molar-refractivity contribution in [1.82, 2.24) is 19.7 Å². The quantitative estimate of drug-likeness (QED) is 0.232. The number of carbonyl (C=O) groups excluding carboxylic acids is 2. The number of carbonyl (C=O) groups is 2. The Morgan fingerprint density at radius 1 is 0.951 bits per heavy atom. The summed E-state index contributed by atoms with van der Waals surface area (Å²) in [7, 11) is 0. The molecule has 0 fully saturated rings. The summed E-state index contributed by atoms with van der Waals surface area (Å²) in [4.78, 5) is 32.9. The van der Waals surface area contributed by atoms with Gasteiger partial charge in [-0.25, -0.2) is 14.5 Å². The zero-order chi connectivity index (χ0) is 29.1. The number of aromatic nitrogens is 4. The number of benzene rings is 3. The van der Waals surface area contributed by atoms with E-state index in [1.807, 2.05) is 61.5 Å². The Morgan fingerprint density at radius 3 is 2.39 bits per heavy atom. The van der Waals surface area contributed by atoms with Crippen LogP contribution >= 0.6 is 0 Å². The lowest BCUT2D eigenvalue weighted by Gasteiger charge is -2.14. The van der Waals surface area contributed by atoms with Crippen LogP contribution < -0.4 is 21.1 Å². The number of urea groups is 1. The van der Waals surface area contributed by atoms with Crippen LogP contribution in [0.25, 0.3) is 16.5 Å². The Labute approximate surface area is 237 Å². The highest BCUT2D eigenvalue weighted by atomic mass is 16.5. The molecule has 10 heteroatoms. The molecule has 0 bridgehead atoms. The van der Waals surface area contributed by atoms with Crippen molar-refractivity contribution in [2.75, 3.05) is 10.6 Å². The lowest BCUT2D eigenvalue weighted by molar-refractivity contribution is -0.117. The molecule has 3 aromatic carbocycles. The summed E-state index contributed by atoms with van der Waals surface area (Å²) in [5.41, 5.74) is 8.48. The first-order chi connectivity index (χ1) is 19.6. The van der Waals surface area contributed by atoms with E-state index < -0.39 is 11.9 Å². The highest BCUT2D eigenvalue weighted by Gasteiger charge is 2.22. The maximum Gasteiger partial charge on any atom is 0.324 e. The van der Waals surface area contributed by atoms with Gasteiger partial charge in [0.15, 0.2) is 0 Å². The molecule has 0 aliphatic heterocycles. The molecular formula is C31H31N7O3. The third kappa shape index (κ3) is 6.33. The number of rotatable bonds is 7. The van der Waals surface area contributed by atoms with E-state index in [0.717, 1.165) is 27.7 Å². The summed E-state index contributed by atoms with van der Waals surface area (Å²) >= 11 is 0. The molecule has 0 atom stereocenters. The Hall–Kier alpha value is -5.25. The molecule has 0 saturated carbocycles. The second-order valence-corrected chi connectivity index (χ2v) is 10.7. The molecule has 10 nitrogen and oxygen atoms in total. The van der Waals surface area contributed by atoms with Gasteiger partial charge < -0.3 is 15.8 Å². The Morgan fingerprint density at radius 2 is 1.68 bits per heavy atom. The molecule has 208 valence electrons. The van der Waals surface area contributed by atoms with Crippen LogP contribution in [0.3, 0.4) is 0 Å². The smallest absolute Gasteiger partial charge is 0.324 e. The number of hydrogen-bond acceptors (Lipinski definition) is 6. The van der Waals surface area contributed by atoms with Crippen molar-refractivity contribution >= 4 is 34.2 Å². The van der Waals surface area contributed by atoms with Crippen molar-refractivity contribution in [2.45, 2.75) is 39.5 Å². The monoisotopic (exact) mass is 549 g/mol. The van der Waals surface area contributed by atoms with Crippen LogP contribution in [0.1, 0.15) is 37.9 Å². The molecule has 0 spiro atoms. The molecule has 41 heavy (non-hydrogen) atoms. The van der Waals surface area contributed by atoms with E-state index in [1.54, 1.807) is 22.9 Å². The van der Waals surface area contributed by atoms with Crippen molar-refractivity contribution in [3.8, 4) is 17.3 Å². The van der Waals surface area contributed by atoms with E-state index in [0.29, 0.717) is 17.3 Å². The first kappa shape index (κ1) is 27.3. The Bertz CT molecular complexity index is 1740. The summed E-state index contributed by atoms with van der Waals surface area (Å²) in [6, 6.07) is 22.1. The average molecular weight is 550 g/mol. The largest absolute Gasteiger partial charge is 0.438 e. The summed E-state index contributed by atoms with van der Waals surface area (Å²) in [6.45, 7) is 8.26. The van der Waals surface area contributed by atoms with Crippen LogP contribution in [-0.4, -0.2) is 31.7 Å². The number of hydrogen-bond donors (Lipinski definition) is 3. The Kier molecular flexibility index (Phi) is 7.39. The molecule has 0 aliphatic carbocycles. The number of nitrogens with one attached hydrogen (secondary N) is 2. The van der Waals surface area contributed by atoms with Gasteiger partial charge in [0.25, 0.3) is 0 Å². The molecule has 0 aliphatic rings. The normalized spacial score (nSPS) is 11.3. The van der Waals surface area contributed by atoms with Gasteiger partial charge >= 0.3 is 6.03 Å². The highest BCUT2D eigenvalue weighted by molar-refractivity contribution is 6.07. The minimum absolute atomic E-state index is 0.0873. The number of amides is 3. The van der Waals surface area contributed by atoms with Gasteiger partial charge in [-0.15, -0.1) is 0 Å². The molecule has 5 rings (SSSR count). The van der Waals surface area contributed by atoms with Crippen molar-refractivity contribution in [1.29, 1.82) is 0 Å². The van der Waals surface area contributed by atoms with Gasteiger partial charge in [0.05, 0.1) is 23.5 Å². The lowest BCUT2D eigenvalue weighted by Crippen LogP contribution is -2.21. The molecule has 2 heterocycles. The van der Waals surface area contributed by atoms with Gasteiger partial charge in [0.2, 0.25) is 11.8 Å². The van der Waals surface area contributed by atoms with Crippen LogP contribution in [-0.2, 0) is 16.6 Å². The van der Waals surface area contributed by atoms with E-state index in [9.17, 15) is 9.59 Å². The molecule has 3 amide bonds. The fraction of sp³-hybridized carbons (Fsp3) is 0.194. The molecule has 0 unspecified atom stereocenters. The summed E-state index contributed by atoms with van der Waals surface area (Å²) in [5, 5.41) is 12.3. The van der Waals surface area contributed by atoms with Crippen molar-refractivity contribution in [3.63, 3.8) is 0 Å². The van der Waals surface area contributed by atoms with E-state index in [-0.39, 0.29) is 23.5 Å². The number of ether oxygens (including phenoxy) is 1. The van der Waals surface area contributed by atoms with Crippen LogP contribution in [0.15, 0.2) is 79.0 Å². The number of fused-ring (bicyclic) bond motifs is 1. The number of nitrogens with zero attached hydrogens (tertiary/aromatic N) is 4. The minimum atomic E-state index is -0.530. The van der Waals surface area contributed by atoms with Gasteiger partial charge in [-0.05, 0) is 31.2 Å². The number of nitrogens with two attached hydrogens (primary N) is 1. The Balaban J connectivity index is 1.41. The summed E-state index contributed by atoms with van der Waals surface area (Å²) in [5.74, 6) is 1.10. The van der Waals surface area contributed by atoms with E-state index >= 15 is 0 Å². The first-order valence-corrected chi connectivity index (χ1v) is 13.1. The first-order valence-electron chi connectivity index (χ1n) is 13.1. The van der Waals surface area contributed by atoms with Crippen molar-refractivity contribution < 1.29 is 14.3 Å². The molecule has 0 radical (unpaired) electrons. The second-order valence-electron chi connectivity index (χ2n) is 10.7. The summed E-state index contributed by atoms with van der Waals surface area (Å²) in [6.07, 6.45) is 1.42. The standard InChI is InChI=1S/C31H31N7O3/c1-19-9-11-20(12-10-19)38-28(17-25(37-38)31(2,3)4)36-30(40)34-23-13-14-24(22-8-6-5-7-21(22)23)41-29-15-16-33-27(35-29)18-26(32)39/h5-17H,18H2,1-4H3,(H2,32,39)(H2,34,36,40). The number of anilines is 2. The molecule has 4 N–H and O–H groups in total. The fourth-order valence-electron chi connectivity index (χ4n) is 4.25. The SMILES string of the molecule is Cc1ccc(-n2nc(C(C)(C)C)cc2NC(=O)Nc2ccc(Oc3ccnc(CC(N)=O)n3)c3ccccc23)cc1. The van der Waals surface area contributed by atoms with Gasteiger partial charge in [0.1, 0.15) is 17.4 Å². The molecular weight excluding hydrogens is 518 g/mol. The van der Waals surface area contributed by atoms with Gasteiger partial charge in [-0.2, -0.15) is 10.1 Å². The third-order valence-corrected chi connectivity index (χ3v) is 6.36. The van der Waals surface area contributed by atoms with E-state index in [2.05, 4.69) is 41.4 Å². The minimum Gasteiger partial charge on any atom is -0.438 e. The second kappa shape index (κ2) is 11.1. The van der Waals surface area contributed by atoms with Crippen molar-refractivity contribution in [3.05, 3.63) is 96.1 Å². The molecule has 2 aromatic heterocycles. The predicted octanol–water partition coefficient (Wildman–Crippen LogP) is 5.89. The van der Waals surface area contributed by atoms with Crippen LogP contribution in [0.4, 0.5) is 16.3 Å². The summed E-state index contributed by atoms with van der Waals surface area (Å²) < 4.78 is 7.77.